The smallest absolute Gasteiger partial charge is 0.334 e. The number of rotatable bonds is 0. The van der Waals surface area contributed by atoms with Crippen molar-refractivity contribution in [2.75, 3.05) is 0 Å². The van der Waals surface area contributed by atoms with E-state index >= 15 is 0 Å². The zero-order valence-electron chi connectivity index (χ0n) is 20.7. The minimum atomic E-state index is -1.13. The molecule has 37 heavy (non-hydrogen) atoms. The van der Waals surface area contributed by atoms with Gasteiger partial charge >= 0.3 is 11.9 Å². The van der Waals surface area contributed by atoms with Crippen molar-refractivity contribution in [1.82, 2.24) is 0 Å². The standard InChI is InChI=1S/C30H30O7/c1-11-5-6-16-12(2)28(34)36-26(16)23-17(11)10-19(32)30(23)8-7-15-9-18(31)20-14(4)29(35)37-27(20)21-13(3)25(33)24(30)22(15)21/h15-18,20-21,23,26-27,31H,1-10H2. The Balaban J connectivity index is 1.45. The van der Waals surface area contributed by atoms with Crippen LogP contribution in [0, 0.1) is 40.9 Å². The third-order valence-corrected chi connectivity index (χ3v) is 10.7. The zero-order valence-corrected chi connectivity index (χ0v) is 20.7. The summed E-state index contributed by atoms with van der Waals surface area (Å²) in [5, 5.41) is 11.1. The number of aliphatic hydroxyl groups is 1. The van der Waals surface area contributed by atoms with E-state index < -0.39 is 53.4 Å². The Labute approximate surface area is 215 Å². The first-order valence-electron chi connectivity index (χ1n) is 13.2. The Kier molecular flexibility index (Phi) is 4.54. The fourth-order valence-electron chi connectivity index (χ4n) is 9.15. The molecule has 10 unspecified atom stereocenters. The summed E-state index contributed by atoms with van der Waals surface area (Å²) >= 11 is 0. The van der Waals surface area contributed by atoms with E-state index in [1.54, 1.807) is 0 Å². The van der Waals surface area contributed by atoms with Crippen molar-refractivity contribution >= 4 is 23.5 Å². The summed E-state index contributed by atoms with van der Waals surface area (Å²) in [5.74, 6) is -3.46. The van der Waals surface area contributed by atoms with Crippen LogP contribution in [-0.4, -0.2) is 46.9 Å². The molecule has 192 valence electrons. The number of aliphatic hydroxyl groups excluding tert-OH is 1. The number of esters is 2. The largest absolute Gasteiger partial charge is 0.458 e. The second kappa shape index (κ2) is 7.28. The first-order chi connectivity index (χ1) is 17.6. The van der Waals surface area contributed by atoms with Gasteiger partial charge in [-0.25, -0.2) is 9.59 Å². The number of ketones is 2. The van der Waals surface area contributed by atoms with Gasteiger partial charge < -0.3 is 14.6 Å². The highest BCUT2D eigenvalue weighted by Crippen LogP contribution is 2.67. The van der Waals surface area contributed by atoms with Crippen LogP contribution in [0.2, 0.25) is 0 Å². The third kappa shape index (κ3) is 2.61. The van der Waals surface area contributed by atoms with Crippen LogP contribution in [0.3, 0.4) is 0 Å². The molecule has 0 aromatic carbocycles. The lowest BCUT2D eigenvalue weighted by Crippen LogP contribution is -2.47. The monoisotopic (exact) mass is 502 g/mol. The highest BCUT2D eigenvalue weighted by Gasteiger charge is 2.69. The number of fused-ring (bicyclic) bond motifs is 7. The molecule has 7 heteroatoms. The molecule has 7 aliphatic rings. The van der Waals surface area contributed by atoms with Gasteiger partial charge in [-0.1, -0.05) is 31.9 Å². The average molecular weight is 503 g/mol. The molecule has 0 amide bonds. The summed E-state index contributed by atoms with van der Waals surface area (Å²) in [5.41, 5.74) is 2.03. The van der Waals surface area contributed by atoms with Crippen LogP contribution < -0.4 is 0 Å². The van der Waals surface area contributed by atoms with E-state index in [4.69, 9.17) is 9.47 Å². The molecule has 0 bridgehead atoms. The predicted molar refractivity (Wildman–Crippen MR) is 130 cm³/mol. The van der Waals surface area contributed by atoms with E-state index in [0.29, 0.717) is 48.8 Å². The average Bonchev–Trinajstić information content (AvgIpc) is 3.44. The molecule has 2 saturated heterocycles. The summed E-state index contributed by atoms with van der Waals surface area (Å²) < 4.78 is 11.6. The minimum Gasteiger partial charge on any atom is -0.458 e. The van der Waals surface area contributed by atoms with Crippen molar-refractivity contribution in [3.05, 3.63) is 59.8 Å². The molecule has 0 radical (unpaired) electrons. The first kappa shape index (κ1) is 23.1. The molecule has 0 aromatic heterocycles. The number of ether oxygens (including phenoxy) is 2. The maximum atomic E-state index is 14.2. The Morgan fingerprint density at radius 1 is 0.865 bits per heavy atom. The maximum Gasteiger partial charge on any atom is 0.334 e. The maximum absolute atomic E-state index is 14.2. The second-order valence-electron chi connectivity index (χ2n) is 12.1. The van der Waals surface area contributed by atoms with Crippen molar-refractivity contribution in [3.63, 3.8) is 0 Å². The molecular weight excluding hydrogens is 472 g/mol. The van der Waals surface area contributed by atoms with Crippen LogP contribution in [-0.2, 0) is 28.7 Å². The van der Waals surface area contributed by atoms with Gasteiger partial charge in [0.2, 0.25) is 0 Å². The lowest BCUT2D eigenvalue weighted by atomic mass is 9.57. The van der Waals surface area contributed by atoms with Gasteiger partial charge in [0.15, 0.2) is 5.78 Å². The quantitative estimate of drug-likeness (QED) is 0.308. The first-order valence-corrected chi connectivity index (χ1v) is 13.2. The highest BCUT2D eigenvalue weighted by molar-refractivity contribution is 6.17. The molecule has 10 atom stereocenters. The number of Topliss-reactive ketones (excluding diaryl/α,β-unsaturated/α-hetero) is 2. The lowest BCUT2D eigenvalue weighted by Gasteiger charge is -2.44. The van der Waals surface area contributed by atoms with Gasteiger partial charge in [0, 0.05) is 46.5 Å². The van der Waals surface area contributed by atoms with Crippen LogP contribution in [0.5, 0.6) is 0 Å². The fraction of sp³-hybridized carbons (Fsp3) is 0.533. The van der Waals surface area contributed by atoms with Crippen LogP contribution >= 0.6 is 0 Å². The van der Waals surface area contributed by atoms with Crippen molar-refractivity contribution in [2.24, 2.45) is 40.9 Å². The SMILES string of the molecule is C=C1C(=O)OC2C1CCC(=C)C1CC(=O)C3(CCC4CC(O)C5C(=C)C(=O)OC5C5C(=C)C(=O)C3=C45)C12. The summed E-state index contributed by atoms with van der Waals surface area (Å²) in [6.45, 7) is 16.3. The van der Waals surface area contributed by atoms with Gasteiger partial charge in [-0.05, 0) is 49.5 Å². The third-order valence-electron chi connectivity index (χ3n) is 10.7. The van der Waals surface area contributed by atoms with Crippen LogP contribution in [0.15, 0.2) is 59.8 Å². The molecule has 0 aromatic rings. The Morgan fingerprint density at radius 2 is 1.57 bits per heavy atom. The summed E-state index contributed by atoms with van der Waals surface area (Å²) in [6, 6.07) is 0. The molecular formula is C30H30O7. The van der Waals surface area contributed by atoms with Gasteiger partial charge in [0.1, 0.15) is 18.0 Å². The van der Waals surface area contributed by atoms with Crippen molar-refractivity contribution in [3.8, 4) is 0 Å². The predicted octanol–water partition coefficient (Wildman–Crippen LogP) is 2.95. The Morgan fingerprint density at radius 3 is 2.32 bits per heavy atom. The number of hydrogen-bond donors (Lipinski definition) is 1. The summed E-state index contributed by atoms with van der Waals surface area (Å²) in [6.07, 6.45) is 0.828. The van der Waals surface area contributed by atoms with E-state index in [2.05, 4.69) is 26.3 Å². The van der Waals surface area contributed by atoms with Gasteiger partial charge in [-0.2, -0.15) is 0 Å². The summed E-state index contributed by atoms with van der Waals surface area (Å²) in [7, 11) is 0. The molecule has 1 N–H and O–H groups in total. The molecule has 7 rings (SSSR count). The molecule has 3 saturated carbocycles. The van der Waals surface area contributed by atoms with Crippen molar-refractivity contribution in [2.45, 2.75) is 56.8 Å². The minimum absolute atomic E-state index is 0.0187. The fourth-order valence-corrected chi connectivity index (χ4v) is 9.15. The zero-order chi connectivity index (χ0) is 26.1. The molecule has 5 fully saturated rings. The number of carbonyl (C=O) groups excluding carboxylic acids is 4. The summed E-state index contributed by atoms with van der Waals surface area (Å²) in [4.78, 5) is 53.4. The number of allylic oxidation sites excluding steroid dienone is 2. The van der Waals surface area contributed by atoms with Gasteiger partial charge in [-0.3, -0.25) is 9.59 Å². The topological polar surface area (TPSA) is 107 Å². The Bertz CT molecular complexity index is 1310. The van der Waals surface area contributed by atoms with E-state index in [0.717, 1.165) is 11.1 Å². The second-order valence-corrected chi connectivity index (χ2v) is 12.1. The van der Waals surface area contributed by atoms with E-state index in [1.807, 2.05) is 0 Å². The van der Waals surface area contributed by atoms with Gasteiger partial charge in [-0.15, -0.1) is 0 Å². The molecule has 5 aliphatic carbocycles. The van der Waals surface area contributed by atoms with Crippen LogP contribution in [0.25, 0.3) is 0 Å². The van der Waals surface area contributed by atoms with Gasteiger partial charge in [0.05, 0.1) is 17.4 Å². The lowest BCUT2D eigenvalue weighted by molar-refractivity contribution is -0.146. The highest BCUT2D eigenvalue weighted by atomic mass is 16.6. The van der Waals surface area contributed by atoms with E-state index in [-0.39, 0.29) is 41.3 Å². The normalized spacial score (nSPS) is 46.5. The van der Waals surface area contributed by atoms with Crippen molar-refractivity contribution < 1.29 is 33.8 Å². The van der Waals surface area contributed by atoms with E-state index in [1.165, 1.54) is 0 Å². The van der Waals surface area contributed by atoms with Crippen molar-refractivity contribution in [1.29, 1.82) is 0 Å². The van der Waals surface area contributed by atoms with Crippen LogP contribution in [0.1, 0.15) is 38.5 Å². The molecule has 2 heterocycles. The number of carbonyl (C=O) groups is 4. The molecule has 7 nitrogen and oxygen atoms in total. The Hall–Kier alpha value is -3.06. The number of hydrogen-bond acceptors (Lipinski definition) is 7. The molecule has 2 aliphatic heterocycles. The molecule has 1 spiro atoms. The van der Waals surface area contributed by atoms with Gasteiger partial charge in [0.25, 0.3) is 0 Å². The van der Waals surface area contributed by atoms with Crippen LogP contribution in [0.4, 0.5) is 0 Å². The van der Waals surface area contributed by atoms with E-state index in [9.17, 15) is 24.3 Å².